The van der Waals surface area contributed by atoms with Crippen molar-refractivity contribution < 1.29 is 23.6 Å². The average Bonchev–Trinajstić information content (AvgIpc) is 2.54. The molecule has 8 heteroatoms. The molecule has 2 fully saturated rings. The van der Waals surface area contributed by atoms with Crippen LogP contribution in [0, 0.1) is 0 Å². The summed E-state index contributed by atoms with van der Waals surface area (Å²) < 4.78 is 21.5. The van der Waals surface area contributed by atoms with Gasteiger partial charge in [-0.25, -0.2) is 0 Å². The summed E-state index contributed by atoms with van der Waals surface area (Å²) >= 11 is 4.77. The van der Waals surface area contributed by atoms with Gasteiger partial charge in [0.05, 0.1) is 13.2 Å². The first-order chi connectivity index (χ1) is 7.38. The van der Waals surface area contributed by atoms with Gasteiger partial charge in [0, 0.05) is 13.1 Å². The van der Waals surface area contributed by atoms with Crippen LogP contribution in [0.5, 0.6) is 0 Å². The molecule has 5 atom stereocenters. The average molecular weight is 263 g/mol. The molecule has 0 aromatic rings. The molecule has 2 radical (unpaired) electrons. The highest BCUT2D eigenvalue weighted by atomic mass is 32.5. The third kappa shape index (κ3) is 2.23. The van der Waals surface area contributed by atoms with Crippen LogP contribution < -0.4 is 4.89 Å². The fourth-order valence-corrected chi connectivity index (χ4v) is 3.18. The summed E-state index contributed by atoms with van der Waals surface area (Å²) in [4.78, 5) is 11.5. The lowest BCUT2D eigenvalue weighted by Gasteiger charge is -2.33. The van der Waals surface area contributed by atoms with E-state index >= 15 is 0 Å². The molecule has 0 N–H and O–H groups in total. The molecule has 0 saturated carbocycles. The quantitative estimate of drug-likeness (QED) is 0.478. The Morgan fingerprint density at radius 2 is 2.38 bits per heavy atom. The number of methoxy groups -OCH3 is 1. The zero-order chi connectivity index (χ0) is 12.0. The van der Waals surface area contributed by atoms with Crippen LogP contribution in [0.15, 0.2) is 0 Å². The largest absolute Gasteiger partial charge is 0.801 e. The van der Waals surface area contributed by atoms with Gasteiger partial charge < -0.3 is 23.6 Å². The Balaban J connectivity index is 2.19. The lowest BCUT2D eigenvalue weighted by molar-refractivity contribution is -0.190. The molecule has 0 spiro atoms. The van der Waals surface area contributed by atoms with Crippen LogP contribution in [0.3, 0.4) is 0 Å². The lowest BCUT2D eigenvalue weighted by atomic mass is 9.92. The predicted octanol–water partition coefficient (Wildman–Crippen LogP) is -1.02. The first-order valence-electron chi connectivity index (χ1n) is 4.89. The topological polar surface area (TPSA) is 60.0 Å². The first-order valence-corrected chi connectivity index (χ1v) is 7.97. The van der Waals surface area contributed by atoms with Crippen molar-refractivity contribution in [3.8, 4) is 0 Å². The van der Waals surface area contributed by atoms with Gasteiger partial charge in [-0.1, -0.05) is 11.8 Å². The standard InChI is InChI=1S/C8H14BO5PS/c1-11-3-8-4-12-5(7(9)13-8)6(8)14-15(2,10)16/h5-7H,3-4H2,1-2H3,(H,10,16)/p-1/t5?,6-,7?,8?,15?/m1/s1. The minimum absolute atomic E-state index is 0.275. The van der Waals surface area contributed by atoms with E-state index < -0.39 is 30.3 Å². The lowest BCUT2D eigenvalue weighted by Crippen LogP contribution is -2.46. The van der Waals surface area contributed by atoms with Crippen molar-refractivity contribution in [1.82, 2.24) is 0 Å². The van der Waals surface area contributed by atoms with Crippen LogP contribution in [0.25, 0.3) is 0 Å². The minimum atomic E-state index is -3.03. The van der Waals surface area contributed by atoms with Gasteiger partial charge >= 0.3 is 0 Å². The monoisotopic (exact) mass is 263 g/mol. The fourth-order valence-electron chi connectivity index (χ4n) is 2.18. The highest BCUT2D eigenvalue weighted by molar-refractivity contribution is 8.08. The zero-order valence-electron chi connectivity index (χ0n) is 9.12. The molecule has 0 amide bonds. The van der Waals surface area contributed by atoms with Gasteiger partial charge in [0.2, 0.25) is 0 Å². The first kappa shape index (κ1) is 13.0. The molecular weight excluding hydrogens is 250 g/mol. The molecule has 0 aliphatic carbocycles. The second-order valence-electron chi connectivity index (χ2n) is 4.15. The van der Waals surface area contributed by atoms with Gasteiger partial charge in [0.15, 0.2) is 0 Å². The summed E-state index contributed by atoms with van der Waals surface area (Å²) in [5.74, 6) is 0. The van der Waals surface area contributed by atoms with Gasteiger partial charge in [-0.3, -0.25) is 0 Å². The number of hydrogen-bond acceptors (Lipinski definition) is 6. The Labute approximate surface area is 101 Å². The normalized spacial score (nSPS) is 45.8. The molecule has 2 aliphatic rings. The van der Waals surface area contributed by atoms with Crippen molar-refractivity contribution in [2.45, 2.75) is 23.8 Å². The summed E-state index contributed by atoms with van der Waals surface area (Å²) in [5.41, 5.74) is -0.774. The summed E-state index contributed by atoms with van der Waals surface area (Å²) in [6.45, 7) is -1.06. The van der Waals surface area contributed by atoms with Crippen LogP contribution in [-0.4, -0.2) is 58.6 Å². The van der Waals surface area contributed by atoms with Crippen molar-refractivity contribution in [3.63, 3.8) is 0 Å². The second-order valence-corrected chi connectivity index (χ2v) is 7.90. The highest BCUT2D eigenvalue weighted by Crippen LogP contribution is 2.47. The van der Waals surface area contributed by atoms with Gasteiger partial charge in [-0.2, -0.15) is 0 Å². The number of rotatable bonds is 4. The maximum absolute atomic E-state index is 11.5. The number of fused-ring (bicyclic) bond motifs is 2. The third-order valence-corrected chi connectivity index (χ3v) is 3.59. The smallest absolute Gasteiger partial charge is 0.143 e. The Kier molecular flexibility index (Phi) is 3.50. The van der Waals surface area contributed by atoms with Gasteiger partial charge in [-0.05, 0) is 13.2 Å². The molecule has 90 valence electrons. The summed E-state index contributed by atoms with van der Waals surface area (Å²) in [6, 6.07) is -0.588. The summed E-state index contributed by atoms with van der Waals surface area (Å²) in [7, 11) is 7.29. The highest BCUT2D eigenvalue weighted by Gasteiger charge is 2.61. The van der Waals surface area contributed by atoms with Crippen LogP contribution in [0.1, 0.15) is 0 Å². The van der Waals surface area contributed by atoms with Crippen molar-refractivity contribution in [3.05, 3.63) is 0 Å². The molecule has 2 rings (SSSR count). The van der Waals surface area contributed by atoms with E-state index in [2.05, 4.69) is 0 Å². The second kappa shape index (κ2) is 4.32. The van der Waals surface area contributed by atoms with Crippen LogP contribution in [0.2, 0.25) is 0 Å². The molecular formula is C8H13BO5PS-. The molecule has 0 aromatic heterocycles. The van der Waals surface area contributed by atoms with Crippen molar-refractivity contribution in [2.75, 3.05) is 27.0 Å². The Morgan fingerprint density at radius 3 is 2.88 bits per heavy atom. The zero-order valence-corrected chi connectivity index (χ0v) is 10.8. The van der Waals surface area contributed by atoms with E-state index in [0.29, 0.717) is 6.61 Å². The Bertz CT molecular complexity index is 324. The van der Waals surface area contributed by atoms with Crippen LogP contribution in [-0.2, 0) is 30.5 Å². The van der Waals surface area contributed by atoms with Crippen LogP contribution in [0.4, 0.5) is 0 Å². The molecule has 4 unspecified atom stereocenters. The number of ether oxygens (including phenoxy) is 3. The van der Waals surface area contributed by atoms with E-state index in [1.807, 2.05) is 0 Å². The minimum Gasteiger partial charge on any atom is -0.801 e. The van der Waals surface area contributed by atoms with Gasteiger partial charge in [0.1, 0.15) is 25.7 Å². The summed E-state index contributed by atoms with van der Waals surface area (Å²) in [6.07, 6.45) is -0.942. The van der Waals surface area contributed by atoms with Crippen molar-refractivity contribution in [2.24, 2.45) is 0 Å². The number of hydrogen-bond donors (Lipinski definition) is 0. The SMILES string of the molecule is [B]C1OC2(COC)COC1[C@H]2OP(C)([O-])=S. The maximum atomic E-state index is 11.5. The molecule has 0 aromatic carbocycles. The van der Waals surface area contributed by atoms with Crippen molar-refractivity contribution in [1.29, 1.82) is 0 Å². The van der Waals surface area contributed by atoms with E-state index in [4.69, 9.17) is 38.4 Å². The molecule has 2 saturated heterocycles. The molecule has 2 aliphatic heterocycles. The van der Waals surface area contributed by atoms with E-state index in [1.165, 1.54) is 6.66 Å². The Morgan fingerprint density at radius 1 is 1.69 bits per heavy atom. The molecule has 5 nitrogen and oxygen atoms in total. The Hall–Kier alpha value is 0.515. The van der Waals surface area contributed by atoms with E-state index in [0.717, 1.165) is 0 Å². The van der Waals surface area contributed by atoms with Gasteiger partial charge in [0.25, 0.3) is 0 Å². The summed E-state index contributed by atoms with van der Waals surface area (Å²) in [5, 5.41) is 0. The van der Waals surface area contributed by atoms with Crippen molar-refractivity contribution >= 4 is 26.1 Å². The molecule has 2 heterocycles. The molecule has 2 bridgehead atoms. The van der Waals surface area contributed by atoms with Crippen LogP contribution >= 0.6 is 6.49 Å². The fraction of sp³-hybridized carbons (Fsp3) is 1.00. The van der Waals surface area contributed by atoms with E-state index in [9.17, 15) is 4.89 Å². The third-order valence-electron chi connectivity index (χ3n) is 2.73. The molecule has 16 heavy (non-hydrogen) atoms. The predicted molar refractivity (Wildman–Crippen MR) is 60.1 cm³/mol. The van der Waals surface area contributed by atoms with E-state index in [1.54, 1.807) is 7.11 Å². The van der Waals surface area contributed by atoms with Gasteiger partial charge in [-0.15, -0.1) is 0 Å². The maximum Gasteiger partial charge on any atom is 0.143 e. The van der Waals surface area contributed by atoms with E-state index in [-0.39, 0.29) is 6.61 Å².